The van der Waals surface area contributed by atoms with Gasteiger partial charge in [0.05, 0.1) is 0 Å². The van der Waals surface area contributed by atoms with Gasteiger partial charge in [0.15, 0.2) is 24.0 Å². The fourth-order valence-corrected chi connectivity index (χ4v) is 3.38. The molecular formula is C20H22FN5O3. The molecular weight excluding hydrogens is 377 g/mol. The second kappa shape index (κ2) is 8.42. The van der Waals surface area contributed by atoms with Crippen molar-refractivity contribution in [2.75, 3.05) is 13.1 Å². The topological polar surface area (TPSA) is 86.3 Å². The number of hydrogen-bond acceptors (Lipinski definition) is 6. The SMILES string of the molecule is CCn1ccc(C(=O)N2CCCC(c3noc(COc4ccccc4F)n3)C2)n1. The van der Waals surface area contributed by atoms with Crippen molar-refractivity contribution in [1.82, 2.24) is 24.8 Å². The van der Waals surface area contributed by atoms with Crippen LogP contribution < -0.4 is 4.74 Å². The van der Waals surface area contributed by atoms with E-state index in [1.54, 1.807) is 34.0 Å². The predicted molar refractivity (Wildman–Crippen MR) is 101 cm³/mol. The number of halogens is 1. The Hall–Kier alpha value is -3.23. The molecule has 0 spiro atoms. The molecule has 1 aliphatic heterocycles. The first-order valence-corrected chi connectivity index (χ1v) is 9.66. The summed E-state index contributed by atoms with van der Waals surface area (Å²) in [7, 11) is 0. The number of carbonyl (C=O) groups is 1. The molecule has 8 nitrogen and oxygen atoms in total. The Morgan fingerprint density at radius 2 is 2.21 bits per heavy atom. The molecule has 1 aromatic carbocycles. The number of para-hydroxylation sites is 1. The van der Waals surface area contributed by atoms with Crippen LogP contribution in [0.1, 0.15) is 47.9 Å². The Balaban J connectivity index is 1.38. The molecule has 1 saturated heterocycles. The Morgan fingerprint density at radius 3 is 3.00 bits per heavy atom. The number of carbonyl (C=O) groups excluding carboxylic acids is 1. The van der Waals surface area contributed by atoms with E-state index in [-0.39, 0.29) is 30.1 Å². The van der Waals surface area contributed by atoms with Crippen LogP contribution in [-0.4, -0.2) is 43.8 Å². The van der Waals surface area contributed by atoms with E-state index in [4.69, 9.17) is 9.26 Å². The summed E-state index contributed by atoms with van der Waals surface area (Å²) in [5, 5.41) is 8.34. The van der Waals surface area contributed by atoms with Crippen LogP contribution in [0.4, 0.5) is 4.39 Å². The highest BCUT2D eigenvalue weighted by atomic mass is 19.1. The number of aromatic nitrogens is 4. The van der Waals surface area contributed by atoms with Crippen LogP contribution in [-0.2, 0) is 13.2 Å². The summed E-state index contributed by atoms with van der Waals surface area (Å²) in [6, 6.07) is 7.88. The van der Waals surface area contributed by atoms with Gasteiger partial charge in [-0.1, -0.05) is 17.3 Å². The molecule has 0 radical (unpaired) electrons. The number of likely N-dealkylation sites (tertiary alicyclic amines) is 1. The number of nitrogens with zero attached hydrogens (tertiary/aromatic N) is 5. The van der Waals surface area contributed by atoms with E-state index < -0.39 is 5.82 Å². The summed E-state index contributed by atoms with van der Waals surface area (Å²) < 4.78 is 26.0. The number of benzene rings is 1. The lowest BCUT2D eigenvalue weighted by atomic mass is 9.97. The summed E-state index contributed by atoms with van der Waals surface area (Å²) in [6.45, 7) is 3.86. The number of amides is 1. The van der Waals surface area contributed by atoms with E-state index >= 15 is 0 Å². The van der Waals surface area contributed by atoms with Gasteiger partial charge >= 0.3 is 0 Å². The molecule has 1 unspecified atom stereocenters. The molecule has 0 aliphatic carbocycles. The van der Waals surface area contributed by atoms with Crippen molar-refractivity contribution < 1.29 is 18.4 Å². The highest BCUT2D eigenvalue weighted by Crippen LogP contribution is 2.26. The molecule has 4 rings (SSSR count). The van der Waals surface area contributed by atoms with Crippen LogP contribution in [0, 0.1) is 5.82 Å². The highest BCUT2D eigenvalue weighted by molar-refractivity contribution is 5.92. The second-order valence-corrected chi connectivity index (χ2v) is 6.91. The molecule has 1 atom stereocenters. The van der Waals surface area contributed by atoms with Crippen molar-refractivity contribution in [3.05, 3.63) is 59.8 Å². The van der Waals surface area contributed by atoms with E-state index in [2.05, 4.69) is 15.2 Å². The van der Waals surface area contributed by atoms with Crippen molar-refractivity contribution in [2.24, 2.45) is 0 Å². The Labute approximate surface area is 167 Å². The third kappa shape index (κ3) is 4.28. The molecule has 29 heavy (non-hydrogen) atoms. The van der Waals surface area contributed by atoms with Crippen molar-refractivity contribution in [3.63, 3.8) is 0 Å². The summed E-state index contributed by atoms with van der Waals surface area (Å²) >= 11 is 0. The molecule has 0 bridgehead atoms. The van der Waals surface area contributed by atoms with Crippen molar-refractivity contribution >= 4 is 5.91 Å². The first kappa shape index (κ1) is 19.1. The third-order valence-corrected chi connectivity index (χ3v) is 4.93. The van der Waals surface area contributed by atoms with Gasteiger partial charge in [0.25, 0.3) is 11.8 Å². The molecule has 0 saturated carbocycles. The van der Waals surface area contributed by atoms with Gasteiger partial charge in [0, 0.05) is 31.7 Å². The molecule has 2 aromatic heterocycles. The van der Waals surface area contributed by atoms with Gasteiger partial charge in [-0.05, 0) is 38.0 Å². The highest BCUT2D eigenvalue weighted by Gasteiger charge is 2.29. The lowest BCUT2D eigenvalue weighted by Crippen LogP contribution is -2.39. The molecule has 3 heterocycles. The quantitative estimate of drug-likeness (QED) is 0.633. The minimum absolute atomic E-state index is 0.0161. The number of hydrogen-bond donors (Lipinski definition) is 0. The maximum Gasteiger partial charge on any atom is 0.274 e. The zero-order valence-electron chi connectivity index (χ0n) is 16.1. The van der Waals surface area contributed by atoms with Gasteiger partial charge in [0.1, 0.15) is 5.69 Å². The van der Waals surface area contributed by atoms with Crippen LogP contribution in [0.3, 0.4) is 0 Å². The number of rotatable bonds is 6. The summed E-state index contributed by atoms with van der Waals surface area (Å²) in [5.74, 6) is 0.384. The van der Waals surface area contributed by atoms with Gasteiger partial charge < -0.3 is 14.2 Å². The maximum atomic E-state index is 13.6. The largest absolute Gasteiger partial charge is 0.481 e. The monoisotopic (exact) mass is 399 g/mol. The van der Waals surface area contributed by atoms with Crippen LogP contribution in [0.25, 0.3) is 0 Å². The molecule has 1 amide bonds. The Kier molecular flexibility index (Phi) is 5.55. The number of piperidine rings is 1. The lowest BCUT2D eigenvalue weighted by Gasteiger charge is -2.30. The predicted octanol–water partition coefficient (Wildman–Crippen LogP) is 3.02. The first-order valence-electron chi connectivity index (χ1n) is 9.66. The van der Waals surface area contributed by atoms with Crippen molar-refractivity contribution in [2.45, 2.75) is 38.8 Å². The fraction of sp³-hybridized carbons (Fsp3) is 0.400. The minimum atomic E-state index is -0.445. The minimum Gasteiger partial charge on any atom is -0.481 e. The first-order chi connectivity index (χ1) is 14.1. The molecule has 1 fully saturated rings. The van der Waals surface area contributed by atoms with E-state index in [0.717, 1.165) is 19.4 Å². The summed E-state index contributed by atoms with van der Waals surface area (Å²) in [5.41, 5.74) is 0.444. The van der Waals surface area contributed by atoms with Crippen molar-refractivity contribution in [1.29, 1.82) is 0 Å². The van der Waals surface area contributed by atoms with Gasteiger partial charge in [-0.2, -0.15) is 10.1 Å². The average Bonchev–Trinajstić information content (AvgIpc) is 3.42. The average molecular weight is 399 g/mol. The van der Waals surface area contributed by atoms with Gasteiger partial charge in [-0.3, -0.25) is 9.48 Å². The Morgan fingerprint density at radius 1 is 1.34 bits per heavy atom. The zero-order chi connectivity index (χ0) is 20.2. The van der Waals surface area contributed by atoms with Crippen LogP contribution in [0.5, 0.6) is 5.75 Å². The van der Waals surface area contributed by atoms with Gasteiger partial charge in [-0.15, -0.1) is 0 Å². The number of ether oxygens (including phenoxy) is 1. The maximum absolute atomic E-state index is 13.6. The summed E-state index contributed by atoms with van der Waals surface area (Å²) in [6.07, 6.45) is 3.51. The molecule has 3 aromatic rings. The van der Waals surface area contributed by atoms with Crippen LogP contribution >= 0.6 is 0 Å². The van der Waals surface area contributed by atoms with Gasteiger partial charge in [-0.25, -0.2) is 4.39 Å². The summed E-state index contributed by atoms with van der Waals surface area (Å²) in [4.78, 5) is 18.9. The van der Waals surface area contributed by atoms with Crippen molar-refractivity contribution in [3.8, 4) is 5.75 Å². The van der Waals surface area contributed by atoms with E-state index in [1.165, 1.54) is 12.1 Å². The molecule has 1 aliphatic rings. The second-order valence-electron chi connectivity index (χ2n) is 6.91. The van der Waals surface area contributed by atoms with Crippen LogP contribution in [0.15, 0.2) is 41.1 Å². The van der Waals surface area contributed by atoms with E-state index in [9.17, 15) is 9.18 Å². The van der Waals surface area contributed by atoms with E-state index in [0.29, 0.717) is 24.6 Å². The van der Waals surface area contributed by atoms with Gasteiger partial charge in [0.2, 0.25) is 0 Å². The molecule has 9 heteroatoms. The standard InChI is InChI=1S/C20H22FN5O3/c1-2-26-11-9-16(23-26)20(27)25-10-5-6-14(12-25)19-22-18(29-24-19)13-28-17-8-4-3-7-15(17)21/h3-4,7-9,11,14H,2,5-6,10,12-13H2,1H3. The smallest absolute Gasteiger partial charge is 0.274 e. The lowest BCUT2D eigenvalue weighted by molar-refractivity contribution is 0.0696. The molecule has 152 valence electrons. The zero-order valence-corrected chi connectivity index (χ0v) is 16.1. The van der Waals surface area contributed by atoms with Crippen LogP contribution in [0.2, 0.25) is 0 Å². The third-order valence-electron chi connectivity index (χ3n) is 4.93. The Bertz CT molecular complexity index is 986. The molecule has 0 N–H and O–H groups in total. The number of aryl methyl sites for hydroxylation is 1. The van der Waals surface area contributed by atoms with E-state index in [1.807, 2.05) is 6.92 Å². The fourth-order valence-electron chi connectivity index (χ4n) is 3.38. The normalized spacial score (nSPS) is 16.8.